The fourth-order valence-corrected chi connectivity index (χ4v) is 0.468. The third-order valence-electron chi connectivity index (χ3n) is 0.820. The minimum Gasteiger partial charge on any atom is -0.392 e. The lowest BCUT2D eigenvalue weighted by molar-refractivity contribution is 0.334. The van der Waals surface area contributed by atoms with Crippen molar-refractivity contribution in [1.82, 2.24) is 0 Å². The summed E-state index contributed by atoms with van der Waals surface area (Å²) in [6, 6.07) is 0. The van der Waals surface area contributed by atoms with E-state index in [9.17, 15) is 0 Å². The molecule has 0 aromatic rings. The normalized spacial score (nSPS) is 12.4. The van der Waals surface area contributed by atoms with Gasteiger partial charge in [0, 0.05) is 6.20 Å². The van der Waals surface area contributed by atoms with Gasteiger partial charge >= 0.3 is 0 Å². The van der Waals surface area contributed by atoms with Crippen LogP contribution in [0.3, 0.4) is 0 Å². The zero-order chi connectivity index (χ0) is 7.11. The summed E-state index contributed by atoms with van der Waals surface area (Å²) >= 11 is 0. The van der Waals surface area contributed by atoms with Crippen molar-refractivity contribution in [1.29, 1.82) is 0 Å². The second-order valence-electron chi connectivity index (χ2n) is 1.54. The Hall–Kier alpha value is -0.890. The van der Waals surface area contributed by atoms with E-state index in [1.165, 1.54) is 6.20 Å². The molecule has 2 heteroatoms. The van der Waals surface area contributed by atoms with Crippen LogP contribution < -0.4 is 0 Å². The van der Waals surface area contributed by atoms with Crippen LogP contribution in [0.1, 0.15) is 6.92 Å². The topological polar surface area (TPSA) is 32.6 Å². The number of allylic oxidation sites excluding steroid dienone is 1. The molecule has 0 rings (SSSR count). The summed E-state index contributed by atoms with van der Waals surface area (Å²) in [5.41, 5.74) is 0.771. The summed E-state index contributed by atoms with van der Waals surface area (Å²) in [6.45, 7) is 5.16. The number of hydrogen-bond acceptors (Lipinski definition) is 2. The summed E-state index contributed by atoms with van der Waals surface area (Å²) in [5, 5.41) is 8.58. The molecule has 0 amide bonds. The van der Waals surface area contributed by atoms with Crippen molar-refractivity contribution in [3.05, 3.63) is 23.9 Å². The summed E-state index contributed by atoms with van der Waals surface area (Å²) < 4.78 is 0. The Kier molecular flexibility index (Phi) is 4.73. The molecule has 0 saturated carbocycles. The summed E-state index contributed by atoms with van der Waals surface area (Å²) in [5.74, 6) is 0. The highest BCUT2D eigenvalue weighted by Crippen LogP contribution is 1.93. The van der Waals surface area contributed by atoms with Crippen molar-refractivity contribution in [3.63, 3.8) is 0 Å². The van der Waals surface area contributed by atoms with E-state index >= 15 is 0 Å². The first-order valence-electron chi connectivity index (χ1n) is 2.73. The molecule has 0 heterocycles. The Bertz CT molecular complexity index is 136. The molecule has 1 N–H and O–H groups in total. The zero-order valence-electron chi connectivity index (χ0n) is 5.54. The fourth-order valence-electron chi connectivity index (χ4n) is 0.468. The van der Waals surface area contributed by atoms with Crippen molar-refractivity contribution >= 4 is 6.72 Å². The summed E-state index contributed by atoms with van der Waals surface area (Å²) in [7, 11) is 0. The summed E-state index contributed by atoms with van der Waals surface area (Å²) in [6.07, 6.45) is 5.15. The number of rotatable bonds is 3. The Balaban J connectivity index is 3.96. The van der Waals surface area contributed by atoms with E-state index in [2.05, 4.69) is 11.7 Å². The number of aliphatic imine (C=N–C) groups is 1. The van der Waals surface area contributed by atoms with Gasteiger partial charge in [-0.25, -0.2) is 0 Å². The van der Waals surface area contributed by atoms with Crippen LogP contribution in [-0.2, 0) is 0 Å². The zero-order valence-corrected chi connectivity index (χ0v) is 5.54. The monoisotopic (exact) mass is 125 g/mol. The molecule has 0 fully saturated rings. The molecule has 0 atom stereocenters. The molecule has 0 aliphatic rings. The minimum atomic E-state index is 0.0172. The van der Waals surface area contributed by atoms with Crippen LogP contribution in [0.2, 0.25) is 0 Å². The molecule has 0 saturated heterocycles. The first-order valence-corrected chi connectivity index (χ1v) is 2.73. The van der Waals surface area contributed by atoms with Crippen LogP contribution in [0, 0.1) is 0 Å². The van der Waals surface area contributed by atoms with Gasteiger partial charge in [0.2, 0.25) is 0 Å². The summed E-state index contributed by atoms with van der Waals surface area (Å²) in [4.78, 5) is 3.50. The largest absolute Gasteiger partial charge is 0.392 e. The standard InChI is InChI=1S/C7H11NO/c1-3-4-7(6-9)5-8-2/h3-5,9H,2,6H2,1H3/b4-3-,7-5+. The van der Waals surface area contributed by atoms with E-state index in [1.807, 2.05) is 13.0 Å². The number of aliphatic hydroxyl groups excluding tert-OH is 1. The lowest BCUT2D eigenvalue weighted by Gasteiger charge is -1.89. The van der Waals surface area contributed by atoms with Crippen molar-refractivity contribution in [3.8, 4) is 0 Å². The predicted molar refractivity (Wildman–Crippen MR) is 39.5 cm³/mol. The Morgan fingerprint density at radius 3 is 2.78 bits per heavy atom. The molecule has 50 valence electrons. The second-order valence-corrected chi connectivity index (χ2v) is 1.54. The van der Waals surface area contributed by atoms with Gasteiger partial charge in [0.05, 0.1) is 6.61 Å². The maximum atomic E-state index is 8.58. The molecular weight excluding hydrogens is 114 g/mol. The molecule has 0 radical (unpaired) electrons. The van der Waals surface area contributed by atoms with E-state index in [4.69, 9.17) is 5.11 Å². The molecule has 0 unspecified atom stereocenters. The predicted octanol–water partition coefficient (Wildman–Crippen LogP) is 1.14. The number of aliphatic hydroxyl groups is 1. The molecule has 0 aliphatic carbocycles. The van der Waals surface area contributed by atoms with Crippen LogP contribution in [0.15, 0.2) is 28.9 Å². The van der Waals surface area contributed by atoms with Crippen molar-refractivity contribution in [2.24, 2.45) is 4.99 Å². The Morgan fingerprint density at radius 2 is 2.44 bits per heavy atom. The molecule has 0 spiro atoms. The van der Waals surface area contributed by atoms with Crippen LogP contribution >= 0.6 is 0 Å². The van der Waals surface area contributed by atoms with Gasteiger partial charge in [0.1, 0.15) is 0 Å². The highest BCUT2D eigenvalue weighted by atomic mass is 16.3. The van der Waals surface area contributed by atoms with E-state index in [0.717, 1.165) is 5.57 Å². The van der Waals surface area contributed by atoms with Gasteiger partial charge in [0.15, 0.2) is 0 Å². The molecule has 9 heavy (non-hydrogen) atoms. The Morgan fingerprint density at radius 1 is 1.78 bits per heavy atom. The van der Waals surface area contributed by atoms with E-state index in [-0.39, 0.29) is 6.61 Å². The van der Waals surface area contributed by atoms with Gasteiger partial charge in [-0.1, -0.05) is 12.2 Å². The fraction of sp³-hybridized carbons (Fsp3) is 0.286. The van der Waals surface area contributed by atoms with Crippen LogP contribution in [0.5, 0.6) is 0 Å². The average molecular weight is 125 g/mol. The van der Waals surface area contributed by atoms with Crippen LogP contribution in [0.4, 0.5) is 0 Å². The third-order valence-corrected chi connectivity index (χ3v) is 0.820. The van der Waals surface area contributed by atoms with Gasteiger partial charge in [-0.2, -0.15) is 0 Å². The maximum absolute atomic E-state index is 8.58. The molecule has 2 nitrogen and oxygen atoms in total. The third kappa shape index (κ3) is 3.67. The quantitative estimate of drug-likeness (QED) is 0.445. The molecule has 0 aromatic carbocycles. The van der Waals surface area contributed by atoms with E-state index in [1.54, 1.807) is 6.08 Å². The van der Waals surface area contributed by atoms with E-state index in [0.29, 0.717) is 0 Å². The van der Waals surface area contributed by atoms with Crippen molar-refractivity contribution in [2.75, 3.05) is 6.61 Å². The minimum absolute atomic E-state index is 0.0172. The molecule has 0 aliphatic heterocycles. The molecule has 0 bridgehead atoms. The van der Waals surface area contributed by atoms with Gasteiger partial charge < -0.3 is 5.11 Å². The first-order chi connectivity index (χ1) is 4.35. The van der Waals surface area contributed by atoms with Crippen LogP contribution in [0.25, 0.3) is 0 Å². The van der Waals surface area contributed by atoms with Gasteiger partial charge in [-0.05, 0) is 19.2 Å². The highest BCUT2D eigenvalue weighted by molar-refractivity contribution is 5.28. The maximum Gasteiger partial charge on any atom is 0.0696 e. The van der Waals surface area contributed by atoms with Crippen LogP contribution in [-0.4, -0.2) is 18.4 Å². The molecule has 0 aromatic heterocycles. The van der Waals surface area contributed by atoms with Gasteiger partial charge in [-0.15, -0.1) is 0 Å². The van der Waals surface area contributed by atoms with Gasteiger partial charge in [-0.3, -0.25) is 4.99 Å². The van der Waals surface area contributed by atoms with Crippen molar-refractivity contribution in [2.45, 2.75) is 6.92 Å². The second kappa shape index (κ2) is 5.25. The molecular formula is C7H11NO. The number of nitrogens with zero attached hydrogens (tertiary/aromatic N) is 1. The first kappa shape index (κ1) is 8.11. The highest BCUT2D eigenvalue weighted by Gasteiger charge is 1.83. The lowest BCUT2D eigenvalue weighted by atomic mass is 10.3. The SMILES string of the molecule is C=N/C=C(\C=C/C)CO. The number of hydrogen-bond donors (Lipinski definition) is 1. The van der Waals surface area contributed by atoms with Crippen molar-refractivity contribution < 1.29 is 5.11 Å². The van der Waals surface area contributed by atoms with E-state index < -0.39 is 0 Å². The average Bonchev–Trinajstić information content (AvgIpc) is 1.88. The lowest BCUT2D eigenvalue weighted by Crippen LogP contribution is -1.83. The smallest absolute Gasteiger partial charge is 0.0696 e. The Labute approximate surface area is 55.2 Å². The van der Waals surface area contributed by atoms with Gasteiger partial charge in [0.25, 0.3) is 0 Å².